The van der Waals surface area contributed by atoms with Crippen molar-refractivity contribution in [1.82, 2.24) is 15.2 Å². The number of nitrogens with one attached hydrogen (secondary N) is 1. The van der Waals surface area contributed by atoms with E-state index in [1.807, 2.05) is 36.4 Å². The summed E-state index contributed by atoms with van der Waals surface area (Å²) in [5.74, 6) is -1.42. The van der Waals surface area contributed by atoms with Crippen molar-refractivity contribution < 1.29 is 14.4 Å². The van der Waals surface area contributed by atoms with Crippen LogP contribution in [0.1, 0.15) is 24.8 Å². The summed E-state index contributed by atoms with van der Waals surface area (Å²) in [6.45, 7) is 1.89. The molecule has 1 saturated heterocycles. The molecule has 3 atom stereocenters. The van der Waals surface area contributed by atoms with Crippen molar-refractivity contribution in [3.8, 4) is 0 Å². The van der Waals surface area contributed by atoms with Crippen LogP contribution < -0.4 is 5.32 Å². The van der Waals surface area contributed by atoms with Crippen molar-refractivity contribution in [3.05, 3.63) is 41.4 Å². The number of allylic oxidation sites excluding steroid dienone is 2. The first kappa shape index (κ1) is 16.9. The Kier molecular flexibility index (Phi) is 4.32. The van der Waals surface area contributed by atoms with E-state index in [1.54, 1.807) is 6.92 Å². The van der Waals surface area contributed by atoms with Crippen LogP contribution in [-0.2, 0) is 20.9 Å². The molecule has 0 bridgehead atoms. The van der Waals surface area contributed by atoms with Crippen LogP contribution in [0.3, 0.4) is 0 Å². The second-order valence-corrected chi connectivity index (χ2v) is 7.79. The molecule has 0 spiro atoms. The highest BCUT2D eigenvalue weighted by Gasteiger charge is 2.50. The van der Waals surface area contributed by atoms with Crippen molar-refractivity contribution >= 4 is 39.3 Å². The van der Waals surface area contributed by atoms with Crippen LogP contribution in [0.25, 0.3) is 10.2 Å². The minimum atomic E-state index is -0.810. The molecule has 1 aromatic heterocycles. The predicted octanol–water partition coefficient (Wildman–Crippen LogP) is 2.25. The Bertz CT molecular complexity index is 861. The third-order valence-electron chi connectivity index (χ3n) is 5.06. The number of imide groups is 1. The maximum Gasteiger partial charge on any atom is 0.243 e. The van der Waals surface area contributed by atoms with E-state index in [0.717, 1.165) is 20.1 Å². The summed E-state index contributed by atoms with van der Waals surface area (Å²) >= 11 is 1.52. The van der Waals surface area contributed by atoms with E-state index in [4.69, 9.17) is 0 Å². The Morgan fingerprint density at radius 2 is 1.88 bits per heavy atom. The number of likely N-dealkylation sites (tertiary alicyclic amines) is 1. The number of thiazole rings is 1. The molecule has 134 valence electrons. The fourth-order valence-corrected chi connectivity index (χ4v) is 4.54. The summed E-state index contributed by atoms with van der Waals surface area (Å²) in [5.41, 5.74) is 0.899. The van der Waals surface area contributed by atoms with Crippen LogP contribution in [0, 0.1) is 11.8 Å². The van der Waals surface area contributed by atoms with Crippen LogP contribution in [-0.4, -0.2) is 33.6 Å². The SMILES string of the molecule is C[C@H](C(=O)NCc1nc2ccccc2s1)N1C(=O)[C@H]2CC=CC[C@@H]2C1=O. The number of aromatic nitrogens is 1. The van der Waals surface area contributed by atoms with E-state index in [0.29, 0.717) is 12.8 Å². The number of carbonyl (C=O) groups is 3. The van der Waals surface area contributed by atoms with E-state index in [2.05, 4.69) is 10.3 Å². The second kappa shape index (κ2) is 6.64. The smallest absolute Gasteiger partial charge is 0.243 e. The Morgan fingerprint density at radius 1 is 1.23 bits per heavy atom. The Hall–Kier alpha value is -2.54. The molecule has 1 aromatic carbocycles. The lowest BCUT2D eigenvalue weighted by atomic mass is 9.85. The molecular weight excluding hydrogens is 350 g/mol. The van der Waals surface area contributed by atoms with Gasteiger partial charge in [0.15, 0.2) is 0 Å². The number of hydrogen-bond donors (Lipinski definition) is 1. The predicted molar refractivity (Wildman–Crippen MR) is 98.1 cm³/mol. The van der Waals surface area contributed by atoms with Crippen molar-refractivity contribution in [2.45, 2.75) is 32.4 Å². The van der Waals surface area contributed by atoms with Crippen molar-refractivity contribution in [3.63, 3.8) is 0 Å². The fourth-order valence-electron chi connectivity index (χ4n) is 3.63. The lowest BCUT2D eigenvalue weighted by Gasteiger charge is -2.22. The number of fused-ring (bicyclic) bond motifs is 2. The molecule has 3 amide bonds. The zero-order valence-electron chi connectivity index (χ0n) is 14.3. The van der Waals surface area contributed by atoms with Crippen LogP contribution >= 0.6 is 11.3 Å². The van der Waals surface area contributed by atoms with E-state index < -0.39 is 6.04 Å². The number of para-hydroxylation sites is 1. The number of amides is 3. The Balaban J connectivity index is 1.43. The molecule has 2 heterocycles. The average molecular weight is 369 g/mol. The molecule has 0 radical (unpaired) electrons. The summed E-state index contributed by atoms with van der Waals surface area (Å²) in [5, 5.41) is 3.60. The second-order valence-electron chi connectivity index (χ2n) is 6.67. The minimum Gasteiger partial charge on any atom is -0.348 e. The maximum atomic E-state index is 12.6. The van der Waals surface area contributed by atoms with Gasteiger partial charge in [0.25, 0.3) is 0 Å². The van der Waals surface area contributed by atoms with Crippen LogP contribution in [0.2, 0.25) is 0 Å². The molecule has 0 unspecified atom stereocenters. The molecule has 6 nitrogen and oxygen atoms in total. The van der Waals surface area contributed by atoms with E-state index in [-0.39, 0.29) is 36.1 Å². The first-order valence-electron chi connectivity index (χ1n) is 8.70. The molecule has 26 heavy (non-hydrogen) atoms. The van der Waals surface area contributed by atoms with Crippen molar-refractivity contribution in [1.29, 1.82) is 0 Å². The summed E-state index contributed by atoms with van der Waals surface area (Å²) in [6, 6.07) is 6.97. The minimum absolute atomic E-state index is 0.230. The summed E-state index contributed by atoms with van der Waals surface area (Å²) in [6.07, 6.45) is 5.03. The van der Waals surface area contributed by atoms with Gasteiger partial charge in [0.05, 0.1) is 28.6 Å². The molecule has 1 aliphatic heterocycles. The highest BCUT2D eigenvalue weighted by molar-refractivity contribution is 7.18. The highest BCUT2D eigenvalue weighted by atomic mass is 32.1. The Morgan fingerprint density at radius 3 is 2.54 bits per heavy atom. The lowest BCUT2D eigenvalue weighted by Crippen LogP contribution is -2.48. The van der Waals surface area contributed by atoms with Crippen LogP contribution in [0.15, 0.2) is 36.4 Å². The number of rotatable bonds is 4. The number of carbonyl (C=O) groups excluding carboxylic acids is 3. The largest absolute Gasteiger partial charge is 0.348 e. The number of hydrogen-bond acceptors (Lipinski definition) is 5. The number of benzene rings is 1. The van der Waals surface area contributed by atoms with Gasteiger partial charge in [0, 0.05) is 0 Å². The van der Waals surface area contributed by atoms with Gasteiger partial charge >= 0.3 is 0 Å². The monoisotopic (exact) mass is 369 g/mol. The number of nitrogens with zero attached hydrogens (tertiary/aromatic N) is 2. The van der Waals surface area contributed by atoms with Gasteiger partial charge < -0.3 is 5.32 Å². The molecule has 0 saturated carbocycles. The summed E-state index contributed by atoms with van der Waals surface area (Å²) in [7, 11) is 0. The van der Waals surface area contributed by atoms with Gasteiger partial charge in [-0.15, -0.1) is 11.3 Å². The van der Waals surface area contributed by atoms with E-state index >= 15 is 0 Å². The maximum absolute atomic E-state index is 12.6. The van der Waals surface area contributed by atoms with Gasteiger partial charge in [-0.05, 0) is 31.9 Å². The standard InChI is InChI=1S/C19H19N3O3S/c1-11(22-18(24)12-6-2-3-7-13(12)19(22)25)17(23)20-10-16-21-14-8-4-5-9-15(14)26-16/h2-5,8-9,11-13H,6-7,10H2,1H3,(H,20,23)/t11-,12+,13+/m1/s1. The molecule has 2 aliphatic rings. The van der Waals surface area contributed by atoms with Gasteiger partial charge in [-0.25, -0.2) is 4.98 Å². The first-order valence-corrected chi connectivity index (χ1v) is 9.52. The van der Waals surface area contributed by atoms with E-state index in [9.17, 15) is 14.4 Å². The quantitative estimate of drug-likeness (QED) is 0.662. The van der Waals surface area contributed by atoms with Gasteiger partial charge in [-0.3, -0.25) is 19.3 Å². The van der Waals surface area contributed by atoms with Crippen molar-refractivity contribution in [2.24, 2.45) is 11.8 Å². The topological polar surface area (TPSA) is 79.4 Å². The highest BCUT2D eigenvalue weighted by Crippen LogP contribution is 2.36. The third kappa shape index (κ3) is 2.82. The summed E-state index contributed by atoms with van der Waals surface area (Å²) in [4.78, 5) is 43.3. The Labute approximate surface area is 154 Å². The normalized spacial score (nSPS) is 23.3. The molecule has 1 aliphatic carbocycles. The first-order chi connectivity index (χ1) is 12.6. The van der Waals surface area contributed by atoms with Crippen molar-refractivity contribution in [2.75, 3.05) is 0 Å². The van der Waals surface area contributed by atoms with Crippen LogP contribution in [0.5, 0.6) is 0 Å². The molecule has 7 heteroatoms. The molecule has 1 N–H and O–H groups in total. The fraction of sp³-hybridized carbons (Fsp3) is 0.368. The van der Waals surface area contributed by atoms with Gasteiger partial charge in [-0.2, -0.15) is 0 Å². The van der Waals surface area contributed by atoms with Gasteiger partial charge in [0.2, 0.25) is 17.7 Å². The van der Waals surface area contributed by atoms with Gasteiger partial charge in [0.1, 0.15) is 11.0 Å². The zero-order valence-corrected chi connectivity index (χ0v) is 15.2. The zero-order chi connectivity index (χ0) is 18.3. The molecule has 4 rings (SSSR count). The molecule has 2 aromatic rings. The lowest BCUT2D eigenvalue weighted by molar-refractivity contribution is -0.147. The molecule has 1 fully saturated rings. The summed E-state index contributed by atoms with van der Waals surface area (Å²) < 4.78 is 1.06. The third-order valence-corrected chi connectivity index (χ3v) is 6.10. The van der Waals surface area contributed by atoms with E-state index in [1.165, 1.54) is 11.3 Å². The van der Waals surface area contributed by atoms with Gasteiger partial charge in [-0.1, -0.05) is 24.3 Å². The van der Waals surface area contributed by atoms with Crippen LogP contribution in [0.4, 0.5) is 0 Å². The average Bonchev–Trinajstić information content (AvgIpc) is 3.18. The molecular formula is C19H19N3O3S.